The SMILES string of the molecule is CC(=O)c1ccc(S(=O)(=O)Nc2ccc(NCc3ccc(C)cc3)nc2)cc1. The largest absolute Gasteiger partial charge is 0.366 e. The number of carbonyl (C=O) groups excluding carboxylic acids is 1. The van der Waals surface area contributed by atoms with Crippen LogP contribution in [0.4, 0.5) is 11.5 Å². The Bertz CT molecular complexity index is 1060. The van der Waals surface area contributed by atoms with Gasteiger partial charge in [-0.2, -0.15) is 0 Å². The number of Topliss-reactive ketones (excluding diaryl/α,β-unsaturated/α-hetero) is 1. The van der Waals surface area contributed by atoms with Crippen molar-refractivity contribution < 1.29 is 13.2 Å². The van der Waals surface area contributed by atoms with Gasteiger partial charge in [-0.1, -0.05) is 42.0 Å². The van der Waals surface area contributed by atoms with E-state index in [0.717, 1.165) is 5.56 Å². The smallest absolute Gasteiger partial charge is 0.261 e. The Labute approximate surface area is 164 Å². The highest BCUT2D eigenvalue weighted by molar-refractivity contribution is 7.92. The molecule has 28 heavy (non-hydrogen) atoms. The molecule has 3 aromatic rings. The molecule has 144 valence electrons. The first-order valence-electron chi connectivity index (χ1n) is 8.73. The van der Waals surface area contributed by atoms with Gasteiger partial charge in [-0.3, -0.25) is 9.52 Å². The normalized spacial score (nSPS) is 11.1. The molecule has 0 bridgehead atoms. The maximum atomic E-state index is 12.5. The number of aryl methyl sites for hydroxylation is 1. The predicted octanol–water partition coefficient (Wildman–Crippen LogP) is 4.01. The Hall–Kier alpha value is -3.19. The van der Waals surface area contributed by atoms with Gasteiger partial charge in [0.25, 0.3) is 10.0 Å². The molecular weight excluding hydrogens is 374 g/mol. The standard InChI is InChI=1S/C21H21N3O3S/c1-15-3-5-17(6-4-15)13-22-21-12-9-19(14-23-21)24-28(26,27)20-10-7-18(8-11-20)16(2)25/h3-12,14,24H,13H2,1-2H3,(H,22,23). The second-order valence-corrected chi connectivity index (χ2v) is 8.14. The monoisotopic (exact) mass is 395 g/mol. The van der Waals surface area contributed by atoms with E-state index in [9.17, 15) is 13.2 Å². The van der Waals surface area contributed by atoms with Gasteiger partial charge in [0.15, 0.2) is 5.78 Å². The number of carbonyl (C=O) groups is 1. The summed E-state index contributed by atoms with van der Waals surface area (Å²) in [7, 11) is -3.75. The van der Waals surface area contributed by atoms with E-state index in [-0.39, 0.29) is 10.7 Å². The minimum absolute atomic E-state index is 0.0825. The number of anilines is 2. The molecule has 0 radical (unpaired) electrons. The number of ketones is 1. The summed E-state index contributed by atoms with van der Waals surface area (Å²) in [6, 6.07) is 17.3. The number of pyridine rings is 1. The first-order chi connectivity index (χ1) is 13.3. The van der Waals surface area contributed by atoms with Crippen molar-refractivity contribution in [1.29, 1.82) is 0 Å². The maximum Gasteiger partial charge on any atom is 0.261 e. The number of sulfonamides is 1. The molecule has 0 amide bonds. The third kappa shape index (κ3) is 4.95. The lowest BCUT2D eigenvalue weighted by Gasteiger charge is -2.10. The molecule has 0 atom stereocenters. The molecule has 7 heteroatoms. The number of benzene rings is 2. The van der Waals surface area contributed by atoms with Crippen LogP contribution >= 0.6 is 0 Å². The third-order valence-corrected chi connectivity index (χ3v) is 5.58. The Kier molecular flexibility index (Phi) is 5.75. The van der Waals surface area contributed by atoms with Gasteiger partial charge in [-0.25, -0.2) is 13.4 Å². The van der Waals surface area contributed by atoms with Gasteiger partial charge in [-0.15, -0.1) is 0 Å². The number of hydrogen-bond donors (Lipinski definition) is 2. The molecule has 0 saturated carbocycles. The Morgan fingerprint density at radius 3 is 2.21 bits per heavy atom. The summed E-state index contributed by atoms with van der Waals surface area (Å²) in [5.74, 6) is 0.532. The molecule has 0 saturated heterocycles. The Balaban J connectivity index is 1.64. The molecule has 2 N–H and O–H groups in total. The van der Waals surface area contributed by atoms with Crippen LogP contribution < -0.4 is 10.0 Å². The zero-order valence-electron chi connectivity index (χ0n) is 15.6. The van der Waals surface area contributed by atoms with Crippen LogP contribution in [0.15, 0.2) is 71.8 Å². The Morgan fingerprint density at radius 2 is 1.64 bits per heavy atom. The molecule has 3 rings (SSSR count). The first-order valence-corrected chi connectivity index (χ1v) is 10.2. The van der Waals surface area contributed by atoms with E-state index in [1.54, 1.807) is 12.1 Å². The fourth-order valence-corrected chi connectivity index (χ4v) is 3.58. The van der Waals surface area contributed by atoms with Gasteiger partial charge in [0, 0.05) is 12.1 Å². The van der Waals surface area contributed by atoms with Gasteiger partial charge in [0.05, 0.1) is 16.8 Å². The molecule has 0 aliphatic carbocycles. The van der Waals surface area contributed by atoms with E-state index in [1.165, 1.54) is 42.9 Å². The highest BCUT2D eigenvalue weighted by atomic mass is 32.2. The molecule has 0 unspecified atom stereocenters. The molecule has 0 spiro atoms. The minimum atomic E-state index is -3.75. The second kappa shape index (κ2) is 8.22. The van der Waals surface area contributed by atoms with Crippen molar-refractivity contribution in [1.82, 2.24) is 4.98 Å². The number of rotatable bonds is 7. The lowest BCUT2D eigenvalue weighted by atomic mass is 10.1. The summed E-state index contributed by atoms with van der Waals surface area (Å²) >= 11 is 0. The zero-order chi connectivity index (χ0) is 20.1. The van der Waals surface area contributed by atoms with Crippen LogP contribution in [0.25, 0.3) is 0 Å². The molecule has 2 aromatic carbocycles. The van der Waals surface area contributed by atoms with Crippen LogP contribution in [0.5, 0.6) is 0 Å². The Morgan fingerprint density at radius 1 is 0.964 bits per heavy atom. The number of nitrogens with zero attached hydrogens (tertiary/aromatic N) is 1. The van der Waals surface area contributed by atoms with E-state index >= 15 is 0 Å². The van der Waals surface area contributed by atoms with Crippen molar-refractivity contribution in [3.63, 3.8) is 0 Å². The molecule has 0 aliphatic rings. The lowest BCUT2D eigenvalue weighted by Crippen LogP contribution is -2.13. The maximum absolute atomic E-state index is 12.5. The van der Waals surface area contributed by atoms with E-state index in [4.69, 9.17) is 0 Å². The van der Waals surface area contributed by atoms with Crippen molar-refractivity contribution in [2.24, 2.45) is 0 Å². The van der Waals surface area contributed by atoms with Crippen molar-refractivity contribution in [2.45, 2.75) is 25.3 Å². The molecular formula is C21H21N3O3S. The van der Waals surface area contributed by atoms with Gasteiger partial charge in [-0.05, 0) is 43.7 Å². The van der Waals surface area contributed by atoms with Crippen molar-refractivity contribution in [3.05, 3.63) is 83.6 Å². The molecule has 1 aromatic heterocycles. The second-order valence-electron chi connectivity index (χ2n) is 6.46. The van der Waals surface area contributed by atoms with Crippen molar-refractivity contribution in [2.75, 3.05) is 10.0 Å². The summed E-state index contributed by atoms with van der Waals surface area (Å²) in [5, 5.41) is 3.20. The van der Waals surface area contributed by atoms with Gasteiger partial charge >= 0.3 is 0 Å². The summed E-state index contributed by atoms with van der Waals surface area (Å²) in [5.41, 5.74) is 3.15. The van der Waals surface area contributed by atoms with Crippen LogP contribution in [0.3, 0.4) is 0 Å². The molecule has 1 heterocycles. The quantitative estimate of drug-likeness (QED) is 0.590. The molecule has 6 nitrogen and oxygen atoms in total. The van der Waals surface area contributed by atoms with E-state index in [1.807, 2.05) is 31.2 Å². The minimum Gasteiger partial charge on any atom is -0.366 e. The highest BCUT2D eigenvalue weighted by Crippen LogP contribution is 2.18. The average molecular weight is 395 g/mol. The van der Waals surface area contributed by atoms with Gasteiger partial charge in [0.2, 0.25) is 0 Å². The summed E-state index contributed by atoms with van der Waals surface area (Å²) in [6.45, 7) is 4.10. The molecule has 0 aliphatic heterocycles. The van der Waals surface area contributed by atoms with E-state index in [0.29, 0.717) is 23.6 Å². The number of hydrogen-bond acceptors (Lipinski definition) is 5. The summed E-state index contributed by atoms with van der Waals surface area (Å²) in [4.78, 5) is 15.6. The number of nitrogens with one attached hydrogen (secondary N) is 2. The summed E-state index contributed by atoms with van der Waals surface area (Å²) < 4.78 is 27.4. The highest BCUT2D eigenvalue weighted by Gasteiger charge is 2.14. The van der Waals surface area contributed by atoms with Gasteiger partial charge in [0.1, 0.15) is 5.82 Å². The average Bonchev–Trinajstić information content (AvgIpc) is 2.68. The van der Waals surface area contributed by atoms with E-state index in [2.05, 4.69) is 15.0 Å². The number of aromatic nitrogens is 1. The fraction of sp³-hybridized carbons (Fsp3) is 0.143. The van der Waals surface area contributed by atoms with E-state index < -0.39 is 10.0 Å². The predicted molar refractivity (Wildman–Crippen MR) is 110 cm³/mol. The van der Waals surface area contributed by atoms with Crippen molar-refractivity contribution >= 4 is 27.3 Å². The van der Waals surface area contributed by atoms with Crippen LogP contribution in [-0.4, -0.2) is 19.2 Å². The van der Waals surface area contributed by atoms with Gasteiger partial charge < -0.3 is 5.32 Å². The van der Waals surface area contributed by atoms with Crippen LogP contribution in [-0.2, 0) is 16.6 Å². The van der Waals surface area contributed by atoms with Crippen molar-refractivity contribution in [3.8, 4) is 0 Å². The molecule has 0 fully saturated rings. The lowest BCUT2D eigenvalue weighted by molar-refractivity contribution is 0.101. The van der Waals surface area contributed by atoms with Crippen LogP contribution in [0.2, 0.25) is 0 Å². The summed E-state index contributed by atoms with van der Waals surface area (Å²) in [6.07, 6.45) is 1.46. The van der Waals surface area contributed by atoms with Crippen LogP contribution in [0.1, 0.15) is 28.4 Å². The fourth-order valence-electron chi connectivity index (χ4n) is 2.54. The van der Waals surface area contributed by atoms with Crippen LogP contribution in [0, 0.1) is 6.92 Å². The first kappa shape index (κ1) is 19.6. The third-order valence-electron chi connectivity index (χ3n) is 4.18. The topological polar surface area (TPSA) is 88.2 Å². The zero-order valence-corrected chi connectivity index (χ0v) is 16.5.